The zero-order valence-electron chi connectivity index (χ0n) is 33.9. The first-order chi connectivity index (χ1) is 29.5. The molecule has 12 heteroatoms. The standard InChI is InChI=1S/C21H19N3O2S2.C21H17NOS.C7H7BrO/c1-14-7-10-17(11-8-14)28(25,26)24-23-15(2)16-9-12-21-19(13-16)22-18-5-3-4-6-20(18)27-21;1-14(15-6-5-7-17(12-15)23-2)16-10-11-21-19(13-16)22-18-8-3-4-9-20(18)24-21;1-9-7-4-2-3-6(8)5-7/h3-13,22,24H,1-2H3;3-13,22H,1H2,2H3;2-5H,1H3/b23-15+;;. The van der Waals surface area contributed by atoms with Crippen LogP contribution in [0.3, 0.4) is 0 Å². The van der Waals surface area contributed by atoms with Crippen molar-refractivity contribution in [2.45, 2.75) is 38.3 Å². The van der Waals surface area contributed by atoms with Crippen molar-refractivity contribution in [1.82, 2.24) is 4.83 Å². The molecule has 0 bridgehead atoms. The van der Waals surface area contributed by atoms with Crippen LogP contribution in [-0.4, -0.2) is 28.3 Å². The second-order valence-corrected chi connectivity index (χ2v) is 18.6. The zero-order chi connectivity index (χ0) is 42.9. The fourth-order valence-corrected chi connectivity index (χ4v) is 9.40. The first kappa shape index (κ1) is 43.2. The normalized spacial score (nSPS) is 12.1. The van der Waals surface area contributed by atoms with Crippen LogP contribution in [0, 0.1) is 6.92 Å². The van der Waals surface area contributed by atoms with Crippen LogP contribution in [0.1, 0.15) is 29.2 Å². The quantitative estimate of drug-likeness (QED) is 0.102. The third-order valence-corrected chi connectivity index (χ3v) is 13.6. The first-order valence-corrected chi connectivity index (χ1v) is 23.0. The molecule has 61 heavy (non-hydrogen) atoms. The van der Waals surface area contributed by atoms with E-state index in [1.54, 1.807) is 68.9 Å². The van der Waals surface area contributed by atoms with E-state index in [0.29, 0.717) is 5.71 Å². The number of hydrogen-bond acceptors (Lipinski definition) is 9. The van der Waals surface area contributed by atoms with Gasteiger partial charge < -0.3 is 20.1 Å². The molecule has 2 aliphatic heterocycles. The van der Waals surface area contributed by atoms with Crippen molar-refractivity contribution in [2.75, 3.05) is 24.9 Å². The number of halogens is 1. The van der Waals surface area contributed by atoms with Crippen LogP contribution in [-0.2, 0) is 10.0 Å². The number of anilines is 4. The van der Waals surface area contributed by atoms with E-state index in [1.165, 1.54) is 14.7 Å². The van der Waals surface area contributed by atoms with Crippen molar-refractivity contribution < 1.29 is 17.9 Å². The molecule has 0 saturated heterocycles. The number of methoxy groups -OCH3 is 2. The number of hydrogen-bond donors (Lipinski definition) is 3. The van der Waals surface area contributed by atoms with Gasteiger partial charge >= 0.3 is 0 Å². The molecule has 0 spiro atoms. The summed E-state index contributed by atoms with van der Waals surface area (Å²) >= 11 is 6.82. The predicted molar refractivity (Wildman–Crippen MR) is 256 cm³/mol. The van der Waals surface area contributed by atoms with Crippen LogP contribution >= 0.6 is 39.5 Å². The summed E-state index contributed by atoms with van der Waals surface area (Å²) < 4.78 is 36.2. The molecular weight excluding hydrogens is 885 g/mol. The molecule has 2 heterocycles. The lowest BCUT2D eigenvalue weighted by molar-refractivity contribution is 0.414. The number of fused-ring (bicyclic) bond motifs is 4. The van der Waals surface area contributed by atoms with Crippen molar-refractivity contribution in [1.29, 1.82) is 0 Å². The summed E-state index contributed by atoms with van der Waals surface area (Å²) in [6.07, 6.45) is 0. The third-order valence-electron chi connectivity index (χ3n) is 9.59. The van der Waals surface area contributed by atoms with E-state index in [1.807, 2.05) is 85.8 Å². The Hall–Kier alpha value is -5.92. The van der Waals surface area contributed by atoms with Crippen LogP contribution in [0.5, 0.6) is 11.5 Å². The van der Waals surface area contributed by atoms with E-state index in [-0.39, 0.29) is 4.90 Å². The Morgan fingerprint density at radius 3 is 1.69 bits per heavy atom. The van der Waals surface area contributed by atoms with Crippen molar-refractivity contribution in [3.63, 3.8) is 0 Å². The molecule has 0 saturated carbocycles. The molecule has 8 nitrogen and oxygen atoms in total. The molecule has 0 aliphatic carbocycles. The molecule has 0 unspecified atom stereocenters. The summed E-state index contributed by atoms with van der Waals surface area (Å²) in [4.78, 5) is 7.30. The van der Waals surface area contributed by atoms with Gasteiger partial charge in [0.25, 0.3) is 10.0 Å². The van der Waals surface area contributed by atoms with Crippen LogP contribution in [0.4, 0.5) is 22.7 Å². The number of hydrazone groups is 1. The van der Waals surface area contributed by atoms with E-state index in [2.05, 4.69) is 97.7 Å². The molecule has 2 aliphatic rings. The minimum atomic E-state index is -3.69. The average Bonchev–Trinajstić information content (AvgIpc) is 3.29. The molecular formula is C49H43BrN4O4S3. The van der Waals surface area contributed by atoms with Crippen molar-refractivity contribution in [2.24, 2.45) is 5.10 Å². The van der Waals surface area contributed by atoms with Crippen LogP contribution in [0.25, 0.3) is 5.57 Å². The zero-order valence-corrected chi connectivity index (χ0v) is 37.9. The van der Waals surface area contributed by atoms with Gasteiger partial charge in [-0.2, -0.15) is 18.4 Å². The van der Waals surface area contributed by atoms with E-state index < -0.39 is 10.0 Å². The number of benzene rings is 7. The highest BCUT2D eigenvalue weighted by molar-refractivity contribution is 9.10. The van der Waals surface area contributed by atoms with Gasteiger partial charge in [0.05, 0.1) is 47.6 Å². The Balaban J connectivity index is 0.000000154. The van der Waals surface area contributed by atoms with Crippen LogP contribution in [0.2, 0.25) is 0 Å². The fourth-order valence-electron chi connectivity index (χ4n) is 6.23. The summed E-state index contributed by atoms with van der Waals surface area (Å²) in [6.45, 7) is 7.96. The highest BCUT2D eigenvalue weighted by Gasteiger charge is 2.18. The smallest absolute Gasteiger partial charge is 0.276 e. The Kier molecular flexibility index (Phi) is 13.9. The maximum Gasteiger partial charge on any atom is 0.276 e. The van der Waals surface area contributed by atoms with Crippen molar-refractivity contribution in [3.05, 3.63) is 191 Å². The summed E-state index contributed by atoms with van der Waals surface area (Å²) in [7, 11) is -0.360. The number of ether oxygens (including phenoxy) is 2. The minimum absolute atomic E-state index is 0.190. The van der Waals surface area contributed by atoms with Crippen LogP contribution < -0.4 is 24.9 Å². The van der Waals surface area contributed by atoms with E-state index >= 15 is 0 Å². The summed E-state index contributed by atoms with van der Waals surface area (Å²) in [5, 5.41) is 11.1. The van der Waals surface area contributed by atoms with Crippen LogP contribution in [0.15, 0.2) is 198 Å². The summed E-state index contributed by atoms with van der Waals surface area (Å²) in [5.41, 5.74) is 9.92. The number of nitrogens with zero attached hydrogens (tertiary/aromatic N) is 1. The largest absolute Gasteiger partial charge is 0.497 e. The Morgan fingerprint density at radius 1 is 0.607 bits per heavy atom. The average molecular weight is 928 g/mol. The lowest BCUT2D eigenvalue weighted by atomic mass is 9.99. The number of rotatable bonds is 8. The van der Waals surface area contributed by atoms with Gasteiger partial charge in [0, 0.05) is 24.1 Å². The number of aryl methyl sites for hydroxylation is 1. The van der Waals surface area contributed by atoms with Gasteiger partial charge in [0.2, 0.25) is 0 Å². The molecule has 0 aromatic heterocycles. The van der Waals surface area contributed by atoms with Gasteiger partial charge in [-0.05, 0) is 127 Å². The van der Waals surface area contributed by atoms with E-state index in [4.69, 9.17) is 9.47 Å². The maximum atomic E-state index is 12.4. The molecule has 308 valence electrons. The van der Waals surface area contributed by atoms with Gasteiger partial charge in [-0.25, -0.2) is 0 Å². The topological polar surface area (TPSA) is 101 Å². The number of nitrogens with one attached hydrogen (secondary N) is 3. The first-order valence-electron chi connectivity index (χ1n) is 19.1. The van der Waals surface area contributed by atoms with E-state index in [0.717, 1.165) is 71.4 Å². The molecule has 0 fully saturated rings. The van der Waals surface area contributed by atoms with Gasteiger partial charge in [-0.1, -0.05) is 118 Å². The van der Waals surface area contributed by atoms with Gasteiger partial charge in [0.1, 0.15) is 11.5 Å². The molecule has 0 atom stereocenters. The van der Waals surface area contributed by atoms with Crippen molar-refractivity contribution >= 4 is 83.5 Å². The summed E-state index contributed by atoms with van der Waals surface area (Å²) in [6, 6.07) is 51.3. The minimum Gasteiger partial charge on any atom is -0.497 e. The number of sulfonamides is 1. The highest BCUT2D eigenvalue weighted by atomic mass is 79.9. The SMILES string of the molecule is C/C(=N\NS(=O)(=O)c1ccc(C)cc1)c1ccc2c(c1)Nc1ccccc1S2.C=C(c1cccc(OC)c1)c1ccc2c(c1)Nc1ccccc1S2.COc1cccc(Br)c1. The number of para-hydroxylation sites is 2. The Morgan fingerprint density at radius 2 is 1.11 bits per heavy atom. The monoisotopic (exact) mass is 926 g/mol. The second kappa shape index (κ2) is 19.6. The summed E-state index contributed by atoms with van der Waals surface area (Å²) in [5.74, 6) is 1.72. The third kappa shape index (κ3) is 10.9. The Bertz CT molecular complexity index is 2850. The van der Waals surface area contributed by atoms with Crippen molar-refractivity contribution in [3.8, 4) is 11.5 Å². The lowest BCUT2D eigenvalue weighted by Crippen LogP contribution is -2.20. The molecule has 7 aromatic rings. The molecule has 7 aromatic carbocycles. The maximum absolute atomic E-state index is 12.4. The Labute approximate surface area is 374 Å². The van der Waals surface area contributed by atoms with Gasteiger partial charge in [-0.15, -0.1) is 0 Å². The lowest BCUT2D eigenvalue weighted by Gasteiger charge is -2.21. The molecule has 3 N–H and O–H groups in total. The molecule has 0 amide bonds. The highest BCUT2D eigenvalue weighted by Crippen LogP contribution is 2.46. The molecule has 0 radical (unpaired) electrons. The van der Waals surface area contributed by atoms with E-state index in [9.17, 15) is 8.42 Å². The predicted octanol–water partition coefficient (Wildman–Crippen LogP) is 13.3. The van der Waals surface area contributed by atoms with Gasteiger partial charge in [0.15, 0.2) is 0 Å². The fraction of sp³-hybridized carbons (Fsp3) is 0.0816. The molecule has 9 rings (SSSR count). The second-order valence-electron chi connectivity index (χ2n) is 13.8. The van der Waals surface area contributed by atoms with Gasteiger partial charge in [-0.3, -0.25) is 0 Å².